The van der Waals surface area contributed by atoms with Gasteiger partial charge in [-0.3, -0.25) is 14.4 Å². The minimum Gasteiger partial charge on any atom is -0.481 e. The van der Waals surface area contributed by atoms with Crippen LogP contribution in [-0.2, 0) is 16.1 Å². The topological polar surface area (TPSA) is 88.4 Å². The first-order valence-electron chi connectivity index (χ1n) is 7.85. The van der Waals surface area contributed by atoms with Crippen molar-refractivity contribution in [3.63, 3.8) is 0 Å². The van der Waals surface area contributed by atoms with Crippen LogP contribution in [0.15, 0.2) is 41.3 Å². The van der Waals surface area contributed by atoms with Crippen LogP contribution in [0, 0.1) is 24.6 Å². The van der Waals surface area contributed by atoms with Crippen LogP contribution < -0.4 is 10.9 Å². The second-order valence-corrected chi connectivity index (χ2v) is 6.17. The predicted molar refractivity (Wildman–Crippen MR) is 88.8 cm³/mol. The molecule has 1 amide bonds. The molecular formula is C18H17FN2O4. The molecule has 1 aliphatic carbocycles. The Labute approximate surface area is 142 Å². The van der Waals surface area contributed by atoms with E-state index < -0.39 is 29.5 Å². The Morgan fingerprint density at radius 3 is 2.72 bits per heavy atom. The number of aromatic nitrogens is 1. The van der Waals surface area contributed by atoms with Crippen LogP contribution in [0.2, 0.25) is 0 Å². The Morgan fingerprint density at radius 2 is 2.04 bits per heavy atom. The number of hydrogen-bond donors (Lipinski definition) is 2. The van der Waals surface area contributed by atoms with Gasteiger partial charge in [0.15, 0.2) is 0 Å². The predicted octanol–water partition coefficient (Wildman–Crippen LogP) is 2.00. The zero-order valence-electron chi connectivity index (χ0n) is 13.5. The lowest BCUT2D eigenvalue weighted by Gasteiger charge is -2.14. The highest BCUT2D eigenvalue weighted by Crippen LogP contribution is 2.39. The van der Waals surface area contributed by atoms with Crippen molar-refractivity contribution in [1.29, 1.82) is 0 Å². The summed E-state index contributed by atoms with van der Waals surface area (Å²) in [6.45, 7) is 1.64. The molecule has 1 aliphatic rings. The van der Waals surface area contributed by atoms with Gasteiger partial charge in [0.25, 0.3) is 5.56 Å². The van der Waals surface area contributed by atoms with Crippen molar-refractivity contribution in [3.8, 4) is 0 Å². The van der Waals surface area contributed by atoms with Crippen LogP contribution in [-0.4, -0.2) is 21.6 Å². The summed E-state index contributed by atoms with van der Waals surface area (Å²) >= 11 is 0. The zero-order chi connectivity index (χ0) is 18.1. The highest BCUT2D eigenvalue weighted by Gasteiger charge is 2.48. The number of aliphatic carboxylic acids is 1. The van der Waals surface area contributed by atoms with Crippen LogP contribution in [0.25, 0.3) is 0 Å². The molecule has 2 N–H and O–H groups in total. The fraction of sp³-hybridized carbons (Fsp3) is 0.278. The number of carboxylic acid groups (broad SMARTS) is 1. The van der Waals surface area contributed by atoms with E-state index in [0.29, 0.717) is 5.56 Å². The quantitative estimate of drug-likeness (QED) is 0.868. The van der Waals surface area contributed by atoms with Gasteiger partial charge in [0.1, 0.15) is 5.82 Å². The van der Waals surface area contributed by atoms with E-state index in [1.165, 1.54) is 22.8 Å². The highest BCUT2D eigenvalue weighted by molar-refractivity contribution is 5.98. The maximum Gasteiger partial charge on any atom is 0.307 e. The minimum absolute atomic E-state index is 0.0319. The number of nitrogens with one attached hydrogen (secondary N) is 1. The van der Waals surface area contributed by atoms with E-state index in [9.17, 15) is 18.8 Å². The molecule has 0 radical (unpaired) electrons. The summed E-state index contributed by atoms with van der Waals surface area (Å²) < 4.78 is 15.6. The number of pyridine rings is 1. The molecule has 3 rings (SSSR count). The Kier molecular flexibility index (Phi) is 4.39. The van der Waals surface area contributed by atoms with Gasteiger partial charge in [-0.05, 0) is 31.5 Å². The van der Waals surface area contributed by atoms with Crippen molar-refractivity contribution in [1.82, 2.24) is 4.57 Å². The first-order chi connectivity index (χ1) is 11.9. The summed E-state index contributed by atoms with van der Waals surface area (Å²) in [7, 11) is 0. The molecule has 0 saturated heterocycles. The Balaban J connectivity index is 1.85. The average molecular weight is 344 g/mol. The number of carbonyl (C=O) groups excluding carboxylic acids is 1. The van der Waals surface area contributed by atoms with Crippen molar-refractivity contribution < 1.29 is 19.1 Å². The van der Waals surface area contributed by atoms with Crippen LogP contribution in [0.1, 0.15) is 17.5 Å². The van der Waals surface area contributed by atoms with Crippen molar-refractivity contribution >= 4 is 17.6 Å². The number of nitrogens with zero attached hydrogens (tertiary/aromatic N) is 1. The molecule has 0 spiro atoms. The smallest absolute Gasteiger partial charge is 0.307 e. The summed E-state index contributed by atoms with van der Waals surface area (Å²) in [6.07, 6.45) is 1.83. The third-order valence-corrected chi connectivity index (χ3v) is 4.36. The molecule has 0 aliphatic heterocycles. The Hall–Kier alpha value is -2.96. The maximum atomic E-state index is 14.3. The fourth-order valence-electron chi connectivity index (χ4n) is 2.77. The lowest BCUT2D eigenvalue weighted by molar-refractivity contribution is -0.139. The Bertz CT molecular complexity index is 906. The molecule has 1 heterocycles. The van der Waals surface area contributed by atoms with Gasteiger partial charge in [0.2, 0.25) is 5.91 Å². The number of carboxylic acids is 1. The summed E-state index contributed by atoms with van der Waals surface area (Å²) in [5.41, 5.74) is 0.716. The van der Waals surface area contributed by atoms with Gasteiger partial charge in [-0.15, -0.1) is 0 Å². The van der Waals surface area contributed by atoms with E-state index in [2.05, 4.69) is 5.32 Å². The first kappa shape index (κ1) is 16.9. The van der Waals surface area contributed by atoms with Gasteiger partial charge >= 0.3 is 5.97 Å². The van der Waals surface area contributed by atoms with E-state index in [-0.39, 0.29) is 29.8 Å². The third kappa shape index (κ3) is 3.45. The Morgan fingerprint density at radius 1 is 1.28 bits per heavy atom. The molecular weight excluding hydrogens is 327 g/mol. The molecule has 0 unspecified atom stereocenters. The monoisotopic (exact) mass is 344 g/mol. The molecule has 1 fully saturated rings. The van der Waals surface area contributed by atoms with E-state index in [1.807, 2.05) is 0 Å². The maximum absolute atomic E-state index is 14.3. The molecule has 130 valence electrons. The normalized spacial score (nSPS) is 18.6. The number of halogens is 1. The molecule has 1 aromatic heterocycles. The lowest BCUT2D eigenvalue weighted by atomic mass is 10.1. The SMILES string of the molecule is Cc1cccn(Cc2c(F)cccc2NC(=O)[C@@H]2C[C@@H]2C(=O)O)c1=O. The van der Waals surface area contributed by atoms with Gasteiger partial charge in [-0.1, -0.05) is 12.1 Å². The molecule has 0 bridgehead atoms. The molecule has 25 heavy (non-hydrogen) atoms. The molecule has 1 saturated carbocycles. The highest BCUT2D eigenvalue weighted by atomic mass is 19.1. The molecule has 6 nitrogen and oxygen atoms in total. The summed E-state index contributed by atoms with van der Waals surface area (Å²) in [5, 5.41) is 11.5. The van der Waals surface area contributed by atoms with Crippen molar-refractivity contribution in [2.75, 3.05) is 5.32 Å². The summed E-state index contributed by atoms with van der Waals surface area (Å²) in [6, 6.07) is 7.60. The molecule has 2 atom stereocenters. The second kappa shape index (κ2) is 6.51. The standard InChI is InChI=1S/C18H17FN2O4/c1-10-4-3-7-21(17(10)23)9-13-14(19)5-2-6-15(13)20-16(22)11-8-12(11)18(24)25/h2-7,11-12H,8-9H2,1H3,(H,20,22)(H,24,25)/t11-,12+/m1/s1. The van der Waals surface area contributed by atoms with Gasteiger partial charge < -0.3 is 15.0 Å². The minimum atomic E-state index is -1.01. The van der Waals surface area contributed by atoms with E-state index in [1.54, 1.807) is 25.3 Å². The van der Waals surface area contributed by atoms with Crippen LogP contribution in [0.4, 0.5) is 10.1 Å². The molecule has 1 aromatic carbocycles. The number of amides is 1. The van der Waals surface area contributed by atoms with E-state index in [0.717, 1.165) is 0 Å². The van der Waals surface area contributed by atoms with Gasteiger partial charge in [0, 0.05) is 23.0 Å². The number of anilines is 1. The lowest BCUT2D eigenvalue weighted by Crippen LogP contribution is -2.24. The number of aryl methyl sites for hydroxylation is 1. The third-order valence-electron chi connectivity index (χ3n) is 4.36. The average Bonchev–Trinajstić information content (AvgIpc) is 3.35. The van der Waals surface area contributed by atoms with Gasteiger partial charge in [0.05, 0.1) is 18.4 Å². The van der Waals surface area contributed by atoms with Crippen LogP contribution >= 0.6 is 0 Å². The zero-order valence-corrected chi connectivity index (χ0v) is 13.5. The van der Waals surface area contributed by atoms with E-state index >= 15 is 0 Å². The number of rotatable bonds is 5. The van der Waals surface area contributed by atoms with Crippen molar-refractivity contribution in [2.24, 2.45) is 11.8 Å². The van der Waals surface area contributed by atoms with Crippen LogP contribution in [0.5, 0.6) is 0 Å². The number of benzene rings is 1. The fourth-order valence-corrected chi connectivity index (χ4v) is 2.77. The van der Waals surface area contributed by atoms with Crippen molar-refractivity contribution in [2.45, 2.75) is 19.9 Å². The van der Waals surface area contributed by atoms with Crippen molar-refractivity contribution in [3.05, 3.63) is 63.8 Å². The largest absolute Gasteiger partial charge is 0.481 e. The number of carbonyl (C=O) groups is 2. The second-order valence-electron chi connectivity index (χ2n) is 6.17. The molecule has 2 aromatic rings. The van der Waals surface area contributed by atoms with Crippen LogP contribution in [0.3, 0.4) is 0 Å². The summed E-state index contributed by atoms with van der Waals surface area (Å²) in [4.78, 5) is 35.2. The van der Waals surface area contributed by atoms with Gasteiger partial charge in [-0.25, -0.2) is 4.39 Å². The summed E-state index contributed by atoms with van der Waals surface area (Å²) in [5.74, 6) is -3.29. The van der Waals surface area contributed by atoms with E-state index in [4.69, 9.17) is 5.11 Å². The number of hydrogen-bond acceptors (Lipinski definition) is 3. The van der Waals surface area contributed by atoms with Gasteiger partial charge in [-0.2, -0.15) is 0 Å². The molecule has 7 heteroatoms. The first-order valence-corrected chi connectivity index (χ1v) is 7.85.